The summed E-state index contributed by atoms with van der Waals surface area (Å²) in [5.74, 6) is -0.0178. The van der Waals surface area contributed by atoms with Gasteiger partial charge >= 0.3 is 0 Å². The molecule has 0 saturated heterocycles. The van der Waals surface area contributed by atoms with Gasteiger partial charge in [0.15, 0.2) is 5.78 Å². The predicted octanol–water partition coefficient (Wildman–Crippen LogP) is 3.46. The van der Waals surface area contributed by atoms with E-state index in [2.05, 4.69) is 26.2 Å². The van der Waals surface area contributed by atoms with E-state index in [9.17, 15) is 4.79 Å². The zero-order chi connectivity index (χ0) is 14.7. The minimum atomic E-state index is -0.0178. The maximum Gasteiger partial charge on any atom is 0.187 e. The largest absolute Gasteiger partial charge is 0.292 e. The van der Waals surface area contributed by atoms with Gasteiger partial charge in [-0.05, 0) is 23.8 Å². The molecular weight excluding hydrogens is 330 g/mol. The number of nitrogens with zero attached hydrogens (tertiary/aromatic N) is 3. The highest BCUT2D eigenvalue weighted by molar-refractivity contribution is 9.10. The number of rotatable bonds is 4. The van der Waals surface area contributed by atoms with Crippen LogP contribution in [0, 0.1) is 0 Å². The molecule has 3 aromatic rings. The first-order chi connectivity index (χ1) is 10.3. The van der Waals surface area contributed by atoms with E-state index in [1.165, 1.54) is 6.20 Å². The third kappa shape index (κ3) is 2.92. The molecular formula is C16H12BrN3O. The lowest BCUT2D eigenvalue weighted by molar-refractivity contribution is 0.0985. The third-order valence-corrected chi connectivity index (χ3v) is 3.92. The van der Waals surface area contributed by atoms with Gasteiger partial charge in [-0.15, -0.1) is 5.10 Å². The molecule has 0 N–H and O–H groups in total. The van der Waals surface area contributed by atoms with Gasteiger partial charge in [-0.25, -0.2) is 4.68 Å². The summed E-state index contributed by atoms with van der Waals surface area (Å²) in [5, 5.41) is 7.87. The molecule has 2 aromatic carbocycles. The molecule has 0 bridgehead atoms. The fraction of sp³-hybridized carbons (Fsp3) is 0.0625. The Morgan fingerprint density at radius 2 is 1.76 bits per heavy atom. The van der Waals surface area contributed by atoms with Gasteiger partial charge in [-0.2, -0.15) is 0 Å². The molecule has 1 aromatic heterocycles. The number of para-hydroxylation sites is 1. The topological polar surface area (TPSA) is 47.8 Å². The van der Waals surface area contributed by atoms with Crippen molar-refractivity contribution in [2.75, 3.05) is 0 Å². The van der Waals surface area contributed by atoms with Crippen LogP contribution in [0.2, 0.25) is 0 Å². The zero-order valence-corrected chi connectivity index (χ0v) is 12.7. The van der Waals surface area contributed by atoms with E-state index in [0.717, 1.165) is 15.7 Å². The van der Waals surface area contributed by atoms with Crippen molar-refractivity contribution in [1.82, 2.24) is 15.0 Å². The van der Waals surface area contributed by atoms with E-state index < -0.39 is 0 Å². The van der Waals surface area contributed by atoms with Crippen LogP contribution in [0.15, 0.2) is 65.3 Å². The SMILES string of the molecule is O=C(Cc1ccccc1Br)c1cnnn1-c1ccccc1. The summed E-state index contributed by atoms with van der Waals surface area (Å²) in [6.45, 7) is 0. The van der Waals surface area contributed by atoms with Crippen molar-refractivity contribution in [3.8, 4) is 5.69 Å². The first-order valence-corrected chi connectivity index (χ1v) is 7.28. The normalized spacial score (nSPS) is 10.5. The van der Waals surface area contributed by atoms with Gasteiger partial charge in [-0.1, -0.05) is 57.5 Å². The van der Waals surface area contributed by atoms with Crippen molar-refractivity contribution < 1.29 is 4.79 Å². The molecule has 21 heavy (non-hydrogen) atoms. The van der Waals surface area contributed by atoms with Gasteiger partial charge < -0.3 is 0 Å². The van der Waals surface area contributed by atoms with Crippen LogP contribution in [0.1, 0.15) is 16.1 Å². The first-order valence-electron chi connectivity index (χ1n) is 6.48. The van der Waals surface area contributed by atoms with Crippen molar-refractivity contribution in [2.45, 2.75) is 6.42 Å². The Labute approximate surface area is 130 Å². The number of carbonyl (C=O) groups is 1. The number of hydrogen-bond donors (Lipinski definition) is 0. The van der Waals surface area contributed by atoms with Crippen LogP contribution in [-0.2, 0) is 6.42 Å². The number of hydrogen-bond acceptors (Lipinski definition) is 3. The predicted molar refractivity (Wildman–Crippen MR) is 83.5 cm³/mol. The second-order valence-electron chi connectivity index (χ2n) is 4.56. The monoisotopic (exact) mass is 341 g/mol. The molecule has 1 heterocycles. The van der Waals surface area contributed by atoms with E-state index >= 15 is 0 Å². The van der Waals surface area contributed by atoms with Crippen molar-refractivity contribution in [3.05, 3.63) is 76.5 Å². The van der Waals surface area contributed by atoms with Crippen molar-refractivity contribution in [2.24, 2.45) is 0 Å². The number of Topliss-reactive ketones (excluding diaryl/α,β-unsaturated/α-hetero) is 1. The molecule has 0 radical (unpaired) electrons. The molecule has 0 saturated carbocycles. The lowest BCUT2D eigenvalue weighted by Crippen LogP contribution is -2.11. The Balaban J connectivity index is 1.90. The minimum absolute atomic E-state index is 0.0178. The van der Waals surface area contributed by atoms with Gasteiger partial charge in [0.05, 0.1) is 11.9 Å². The second kappa shape index (κ2) is 6.01. The van der Waals surface area contributed by atoms with Gasteiger partial charge in [0, 0.05) is 10.9 Å². The van der Waals surface area contributed by atoms with E-state index in [0.29, 0.717) is 12.1 Å². The summed E-state index contributed by atoms with van der Waals surface area (Å²) in [6.07, 6.45) is 1.81. The fourth-order valence-electron chi connectivity index (χ4n) is 2.09. The summed E-state index contributed by atoms with van der Waals surface area (Å²) in [5.41, 5.74) is 2.26. The lowest BCUT2D eigenvalue weighted by Gasteiger charge is -2.06. The molecule has 0 spiro atoms. The van der Waals surface area contributed by atoms with Crippen LogP contribution in [0.25, 0.3) is 5.69 Å². The third-order valence-electron chi connectivity index (χ3n) is 3.14. The maximum absolute atomic E-state index is 12.5. The Hall–Kier alpha value is -2.27. The summed E-state index contributed by atoms with van der Waals surface area (Å²) >= 11 is 3.46. The Morgan fingerprint density at radius 1 is 1.05 bits per heavy atom. The molecule has 0 aliphatic carbocycles. The summed E-state index contributed by atoms with van der Waals surface area (Å²) in [6, 6.07) is 17.2. The van der Waals surface area contributed by atoms with E-state index in [1.807, 2.05) is 54.6 Å². The second-order valence-corrected chi connectivity index (χ2v) is 5.41. The average molecular weight is 342 g/mol. The van der Waals surface area contributed by atoms with Gasteiger partial charge in [0.2, 0.25) is 0 Å². The fourth-order valence-corrected chi connectivity index (χ4v) is 2.52. The highest BCUT2D eigenvalue weighted by Gasteiger charge is 2.16. The maximum atomic E-state index is 12.5. The molecule has 0 fully saturated rings. The van der Waals surface area contributed by atoms with Gasteiger partial charge in [-0.3, -0.25) is 4.79 Å². The van der Waals surface area contributed by atoms with Gasteiger partial charge in [0.1, 0.15) is 5.69 Å². The van der Waals surface area contributed by atoms with Crippen LogP contribution in [-0.4, -0.2) is 20.8 Å². The zero-order valence-electron chi connectivity index (χ0n) is 11.1. The van der Waals surface area contributed by atoms with Crippen molar-refractivity contribution in [1.29, 1.82) is 0 Å². The summed E-state index contributed by atoms with van der Waals surface area (Å²) in [4.78, 5) is 12.5. The van der Waals surface area contributed by atoms with Crippen LogP contribution in [0.5, 0.6) is 0 Å². The van der Waals surface area contributed by atoms with E-state index in [-0.39, 0.29) is 5.78 Å². The van der Waals surface area contributed by atoms with Gasteiger partial charge in [0.25, 0.3) is 0 Å². The first kappa shape index (κ1) is 13.7. The number of aromatic nitrogens is 3. The molecule has 3 rings (SSSR count). The number of halogens is 1. The molecule has 5 heteroatoms. The average Bonchev–Trinajstić information content (AvgIpc) is 3.00. The quantitative estimate of drug-likeness (QED) is 0.683. The molecule has 4 nitrogen and oxygen atoms in total. The lowest BCUT2D eigenvalue weighted by atomic mass is 10.1. The molecule has 104 valence electrons. The minimum Gasteiger partial charge on any atom is -0.292 e. The van der Waals surface area contributed by atoms with Crippen LogP contribution >= 0.6 is 15.9 Å². The summed E-state index contributed by atoms with van der Waals surface area (Å²) < 4.78 is 2.50. The van der Waals surface area contributed by atoms with Crippen LogP contribution < -0.4 is 0 Å². The Bertz CT molecular complexity index is 768. The molecule has 0 atom stereocenters. The number of ketones is 1. The smallest absolute Gasteiger partial charge is 0.187 e. The van der Waals surface area contributed by atoms with E-state index in [4.69, 9.17) is 0 Å². The van der Waals surface area contributed by atoms with Crippen molar-refractivity contribution >= 4 is 21.7 Å². The number of benzene rings is 2. The van der Waals surface area contributed by atoms with Crippen LogP contribution in [0.3, 0.4) is 0 Å². The molecule has 0 aliphatic heterocycles. The number of carbonyl (C=O) groups excluding carboxylic acids is 1. The van der Waals surface area contributed by atoms with E-state index in [1.54, 1.807) is 4.68 Å². The molecule has 0 amide bonds. The Morgan fingerprint density at radius 3 is 2.52 bits per heavy atom. The molecule has 0 aliphatic rings. The summed E-state index contributed by atoms with van der Waals surface area (Å²) in [7, 11) is 0. The highest BCUT2D eigenvalue weighted by Crippen LogP contribution is 2.18. The standard InChI is InChI=1S/C16H12BrN3O/c17-14-9-5-4-6-12(14)10-16(21)15-11-18-19-20(15)13-7-2-1-3-8-13/h1-9,11H,10H2. The van der Waals surface area contributed by atoms with Crippen molar-refractivity contribution in [3.63, 3.8) is 0 Å². The van der Waals surface area contributed by atoms with Crippen LogP contribution in [0.4, 0.5) is 0 Å². The molecule has 0 unspecified atom stereocenters. The Kier molecular flexibility index (Phi) is 3.92. The highest BCUT2D eigenvalue weighted by atomic mass is 79.9.